The molecule has 6 aromatic carbocycles. The third-order valence-corrected chi connectivity index (χ3v) is 11.8. The Hall–Kier alpha value is -4.66. The van der Waals surface area contributed by atoms with Crippen molar-refractivity contribution in [3.8, 4) is 11.1 Å². The highest BCUT2D eigenvalue weighted by atomic mass is 32.1. The summed E-state index contributed by atoms with van der Waals surface area (Å²) in [6.07, 6.45) is 1.01. The Kier molecular flexibility index (Phi) is 6.93. The molecule has 1 heterocycles. The van der Waals surface area contributed by atoms with Crippen LogP contribution in [0.25, 0.3) is 31.3 Å². The van der Waals surface area contributed by atoms with Crippen LogP contribution in [0, 0.1) is 6.92 Å². The highest BCUT2D eigenvalue weighted by Gasteiger charge is 2.36. The monoisotopic (exact) mass is 627 g/mol. The van der Waals surface area contributed by atoms with Crippen LogP contribution >= 0.6 is 11.3 Å². The number of nitrogens with zero attached hydrogens (tertiary/aromatic N) is 1. The predicted molar refractivity (Wildman–Crippen MR) is 204 cm³/mol. The van der Waals surface area contributed by atoms with Gasteiger partial charge in [-0.15, -0.1) is 11.3 Å². The summed E-state index contributed by atoms with van der Waals surface area (Å²) in [6.45, 7) is 13.9. The van der Waals surface area contributed by atoms with Gasteiger partial charge in [0.1, 0.15) is 0 Å². The van der Waals surface area contributed by atoms with Crippen molar-refractivity contribution in [1.29, 1.82) is 0 Å². The average Bonchev–Trinajstić information content (AvgIpc) is 3.58. The number of anilines is 3. The van der Waals surface area contributed by atoms with E-state index >= 15 is 0 Å². The number of thiophene rings is 1. The van der Waals surface area contributed by atoms with Gasteiger partial charge in [0.25, 0.3) is 0 Å². The number of hydrogen-bond acceptors (Lipinski definition) is 2. The normalized spacial score (nSPS) is 13.6. The SMILES string of the molecule is CCc1c(C(C)(C)c2ccc(N(c3ccc(C)cc3)c3ccc4c(c3)C(C)(C)c3ccccc3-4)cc2)ccc2sc3ccccc3c12. The van der Waals surface area contributed by atoms with E-state index in [-0.39, 0.29) is 10.8 Å². The van der Waals surface area contributed by atoms with Crippen LogP contribution in [0.1, 0.15) is 68.0 Å². The maximum Gasteiger partial charge on any atom is 0.0465 e. The maximum atomic E-state index is 2.42. The lowest BCUT2D eigenvalue weighted by atomic mass is 9.75. The van der Waals surface area contributed by atoms with Crippen LogP contribution in [-0.4, -0.2) is 0 Å². The first kappa shape index (κ1) is 29.7. The molecule has 0 bridgehead atoms. The molecule has 0 fully saturated rings. The fourth-order valence-electron chi connectivity index (χ4n) is 8.00. The van der Waals surface area contributed by atoms with Crippen molar-refractivity contribution in [2.75, 3.05) is 4.90 Å². The maximum absolute atomic E-state index is 2.42. The molecule has 0 amide bonds. The summed E-state index contributed by atoms with van der Waals surface area (Å²) in [4.78, 5) is 2.41. The van der Waals surface area contributed by atoms with Crippen molar-refractivity contribution in [2.24, 2.45) is 0 Å². The van der Waals surface area contributed by atoms with Crippen LogP contribution in [-0.2, 0) is 17.3 Å². The smallest absolute Gasteiger partial charge is 0.0465 e. The van der Waals surface area contributed by atoms with Gasteiger partial charge in [0.15, 0.2) is 0 Å². The Bertz CT molecular complexity index is 2280. The third-order valence-electron chi connectivity index (χ3n) is 10.6. The van der Waals surface area contributed by atoms with Crippen LogP contribution in [0.5, 0.6) is 0 Å². The second kappa shape index (κ2) is 11.0. The Morgan fingerprint density at radius 1 is 0.638 bits per heavy atom. The zero-order valence-electron chi connectivity index (χ0n) is 28.2. The van der Waals surface area contributed by atoms with Gasteiger partial charge in [-0.3, -0.25) is 0 Å². The van der Waals surface area contributed by atoms with Crippen molar-refractivity contribution in [1.82, 2.24) is 0 Å². The van der Waals surface area contributed by atoms with Gasteiger partial charge in [-0.2, -0.15) is 0 Å². The molecule has 0 aliphatic heterocycles. The number of fused-ring (bicyclic) bond motifs is 6. The summed E-state index contributed by atoms with van der Waals surface area (Å²) in [6, 6.07) is 47.7. The summed E-state index contributed by atoms with van der Waals surface area (Å²) >= 11 is 1.91. The van der Waals surface area contributed by atoms with E-state index in [2.05, 4.69) is 174 Å². The van der Waals surface area contributed by atoms with Crippen LogP contribution in [0.3, 0.4) is 0 Å². The number of rotatable bonds is 6. The van der Waals surface area contributed by atoms with Gasteiger partial charge >= 0.3 is 0 Å². The third kappa shape index (κ3) is 4.65. The first-order valence-corrected chi connectivity index (χ1v) is 17.7. The van der Waals surface area contributed by atoms with E-state index < -0.39 is 0 Å². The predicted octanol–water partition coefficient (Wildman–Crippen LogP) is 13.0. The minimum Gasteiger partial charge on any atom is -0.310 e. The fourth-order valence-corrected chi connectivity index (χ4v) is 9.13. The highest BCUT2D eigenvalue weighted by molar-refractivity contribution is 7.25. The first-order valence-electron chi connectivity index (χ1n) is 16.8. The number of hydrogen-bond donors (Lipinski definition) is 0. The molecule has 7 aromatic rings. The Morgan fingerprint density at radius 3 is 2.02 bits per heavy atom. The quantitative estimate of drug-likeness (QED) is 0.177. The molecule has 0 saturated heterocycles. The van der Waals surface area contributed by atoms with Gasteiger partial charge in [0.05, 0.1) is 0 Å². The zero-order chi connectivity index (χ0) is 32.5. The number of aryl methyl sites for hydroxylation is 2. The van der Waals surface area contributed by atoms with Gasteiger partial charge in [0.2, 0.25) is 0 Å². The molecule has 0 N–H and O–H groups in total. The van der Waals surface area contributed by atoms with Gasteiger partial charge in [-0.05, 0) is 101 Å². The molecule has 1 aliphatic carbocycles. The van der Waals surface area contributed by atoms with Gasteiger partial charge < -0.3 is 4.90 Å². The standard InChI is InChI=1S/C45H41NS/c1-7-34-39(26-27-42-43(34)37-13-9-11-15-41(37)47-42)44(3,4)30-18-22-32(23-19-30)46(31-20-16-29(2)17-21-31)33-24-25-36-35-12-8-10-14-38(35)45(5,6)40(36)28-33/h8-28H,7H2,1-6H3. The Balaban J connectivity index is 1.22. The molecule has 0 spiro atoms. The molecular weight excluding hydrogens is 587 g/mol. The molecule has 0 saturated carbocycles. The Labute approximate surface area is 283 Å². The van der Waals surface area contributed by atoms with Crippen LogP contribution < -0.4 is 4.90 Å². The topological polar surface area (TPSA) is 3.24 Å². The van der Waals surface area contributed by atoms with E-state index in [1.165, 1.54) is 76.1 Å². The molecule has 0 atom stereocenters. The van der Waals surface area contributed by atoms with E-state index in [1.807, 2.05) is 11.3 Å². The fraction of sp³-hybridized carbons (Fsp3) is 0.200. The minimum absolute atomic E-state index is 0.0549. The highest BCUT2D eigenvalue weighted by Crippen LogP contribution is 2.51. The van der Waals surface area contributed by atoms with Crippen molar-refractivity contribution < 1.29 is 0 Å². The molecule has 2 heteroatoms. The lowest BCUT2D eigenvalue weighted by Gasteiger charge is -2.31. The lowest BCUT2D eigenvalue weighted by Crippen LogP contribution is -2.21. The van der Waals surface area contributed by atoms with E-state index in [0.717, 1.165) is 12.1 Å². The van der Waals surface area contributed by atoms with Crippen molar-refractivity contribution in [2.45, 2.75) is 58.8 Å². The van der Waals surface area contributed by atoms with E-state index in [9.17, 15) is 0 Å². The summed E-state index contributed by atoms with van der Waals surface area (Å²) < 4.78 is 2.75. The molecule has 8 rings (SSSR count). The first-order chi connectivity index (χ1) is 22.7. The number of benzene rings is 6. The van der Waals surface area contributed by atoms with Gasteiger partial charge in [-0.1, -0.05) is 119 Å². The summed E-state index contributed by atoms with van der Waals surface area (Å²) in [5.74, 6) is 0. The molecule has 0 radical (unpaired) electrons. The average molecular weight is 628 g/mol. The van der Waals surface area contributed by atoms with Crippen molar-refractivity contribution in [3.63, 3.8) is 0 Å². The van der Waals surface area contributed by atoms with Crippen molar-refractivity contribution in [3.05, 3.63) is 161 Å². The summed E-state index contributed by atoms with van der Waals surface area (Å²) in [7, 11) is 0. The molecule has 1 aliphatic rings. The molecule has 1 aromatic heterocycles. The van der Waals surface area contributed by atoms with Gasteiger partial charge in [0, 0.05) is 48.1 Å². The molecule has 232 valence electrons. The van der Waals surface area contributed by atoms with Crippen molar-refractivity contribution >= 4 is 48.6 Å². The zero-order valence-corrected chi connectivity index (χ0v) is 29.0. The minimum atomic E-state index is -0.154. The van der Waals surface area contributed by atoms with Crippen LogP contribution in [0.4, 0.5) is 17.1 Å². The van der Waals surface area contributed by atoms with Crippen LogP contribution in [0.2, 0.25) is 0 Å². The lowest BCUT2D eigenvalue weighted by molar-refractivity contribution is 0.634. The molecule has 47 heavy (non-hydrogen) atoms. The van der Waals surface area contributed by atoms with E-state index in [4.69, 9.17) is 0 Å². The molecule has 1 nitrogen and oxygen atoms in total. The van der Waals surface area contributed by atoms with Crippen LogP contribution in [0.15, 0.2) is 127 Å². The van der Waals surface area contributed by atoms with Gasteiger partial charge in [-0.25, -0.2) is 0 Å². The Morgan fingerprint density at radius 2 is 1.28 bits per heavy atom. The van der Waals surface area contributed by atoms with E-state index in [0.29, 0.717) is 0 Å². The second-order valence-electron chi connectivity index (χ2n) is 14.2. The largest absolute Gasteiger partial charge is 0.310 e. The molecular formula is C45H41NS. The summed E-state index contributed by atoms with van der Waals surface area (Å²) in [5.41, 5.74) is 14.3. The molecule has 0 unspecified atom stereocenters. The van der Waals surface area contributed by atoms with E-state index in [1.54, 1.807) is 0 Å². The summed E-state index contributed by atoms with van der Waals surface area (Å²) in [5, 5.41) is 2.81. The second-order valence-corrected chi connectivity index (χ2v) is 15.2.